The highest BCUT2D eigenvalue weighted by Gasteiger charge is 2.09. The van der Waals surface area contributed by atoms with Gasteiger partial charge in [-0.25, -0.2) is 8.78 Å². The summed E-state index contributed by atoms with van der Waals surface area (Å²) in [7, 11) is 0. The molecule has 1 nitrogen and oxygen atoms in total. The summed E-state index contributed by atoms with van der Waals surface area (Å²) in [5, 5.41) is 8.46. The Hall–Kier alpha value is -1.69. The number of rotatable bonds is 2. The van der Waals surface area contributed by atoms with E-state index in [0.29, 0.717) is 11.1 Å². The molecular formula is C10H7F2N. The molecule has 0 saturated carbocycles. The van der Waals surface area contributed by atoms with Gasteiger partial charge in [0.2, 0.25) is 0 Å². The van der Waals surface area contributed by atoms with Gasteiger partial charge in [0.15, 0.2) is 0 Å². The molecule has 1 aromatic carbocycles. The van der Waals surface area contributed by atoms with Gasteiger partial charge in [-0.15, -0.1) is 0 Å². The second-order valence-electron chi connectivity index (χ2n) is 2.52. The standard InChI is InChI=1S/C10H7F2N/c1-7(10(11)12)9-4-2-8(6-13)3-5-9/h2-5,10H,1H2. The third kappa shape index (κ3) is 2.12. The quantitative estimate of drug-likeness (QED) is 0.684. The van der Waals surface area contributed by atoms with E-state index in [1.54, 1.807) is 0 Å². The third-order valence-electron chi connectivity index (χ3n) is 1.65. The second-order valence-corrected chi connectivity index (χ2v) is 2.52. The highest BCUT2D eigenvalue weighted by molar-refractivity contribution is 5.65. The summed E-state index contributed by atoms with van der Waals surface area (Å²) in [6.07, 6.45) is -2.55. The number of alkyl halides is 2. The maximum Gasteiger partial charge on any atom is 0.263 e. The van der Waals surface area contributed by atoms with Crippen LogP contribution in [0.15, 0.2) is 30.8 Å². The molecule has 3 heteroatoms. The molecule has 0 bridgehead atoms. The third-order valence-corrected chi connectivity index (χ3v) is 1.65. The van der Waals surface area contributed by atoms with Crippen molar-refractivity contribution in [3.63, 3.8) is 0 Å². The number of halogens is 2. The average Bonchev–Trinajstić information content (AvgIpc) is 2.17. The van der Waals surface area contributed by atoms with E-state index in [9.17, 15) is 8.78 Å². The first-order chi connectivity index (χ1) is 6.15. The van der Waals surface area contributed by atoms with Crippen LogP contribution in [0.2, 0.25) is 0 Å². The van der Waals surface area contributed by atoms with Gasteiger partial charge in [-0.05, 0) is 17.7 Å². The fraction of sp³-hybridized carbons (Fsp3) is 0.100. The van der Waals surface area contributed by atoms with Gasteiger partial charge in [-0.1, -0.05) is 18.7 Å². The summed E-state index contributed by atoms with van der Waals surface area (Å²) in [5.41, 5.74) is 0.601. The van der Waals surface area contributed by atoms with E-state index in [-0.39, 0.29) is 5.57 Å². The highest BCUT2D eigenvalue weighted by atomic mass is 19.3. The molecule has 1 aromatic rings. The molecule has 0 aliphatic heterocycles. The molecule has 0 heterocycles. The fourth-order valence-electron chi connectivity index (χ4n) is 0.885. The van der Waals surface area contributed by atoms with Crippen LogP contribution < -0.4 is 0 Å². The highest BCUT2D eigenvalue weighted by Crippen LogP contribution is 2.19. The van der Waals surface area contributed by atoms with Crippen molar-refractivity contribution in [1.29, 1.82) is 5.26 Å². The van der Waals surface area contributed by atoms with Crippen molar-refractivity contribution >= 4 is 5.57 Å². The molecule has 0 radical (unpaired) electrons. The summed E-state index contributed by atoms with van der Waals surface area (Å²) < 4.78 is 24.3. The largest absolute Gasteiger partial charge is 0.263 e. The van der Waals surface area contributed by atoms with Crippen molar-refractivity contribution in [3.8, 4) is 6.07 Å². The average molecular weight is 179 g/mol. The second kappa shape index (κ2) is 3.81. The van der Waals surface area contributed by atoms with Gasteiger partial charge < -0.3 is 0 Å². The molecule has 0 amide bonds. The van der Waals surface area contributed by atoms with Crippen LogP contribution in [0.1, 0.15) is 11.1 Å². The number of hydrogen-bond donors (Lipinski definition) is 0. The molecule has 0 spiro atoms. The lowest BCUT2D eigenvalue weighted by Crippen LogP contribution is -1.94. The number of benzene rings is 1. The first kappa shape index (κ1) is 9.40. The number of nitrogens with zero attached hydrogens (tertiary/aromatic N) is 1. The SMILES string of the molecule is C=C(c1ccc(C#N)cc1)C(F)F. The van der Waals surface area contributed by atoms with Crippen LogP contribution in [0.3, 0.4) is 0 Å². The zero-order valence-electron chi connectivity index (χ0n) is 6.80. The van der Waals surface area contributed by atoms with E-state index < -0.39 is 6.43 Å². The van der Waals surface area contributed by atoms with E-state index in [4.69, 9.17) is 5.26 Å². The maximum atomic E-state index is 12.1. The van der Waals surface area contributed by atoms with Crippen molar-refractivity contribution in [2.75, 3.05) is 0 Å². The van der Waals surface area contributed by atoms with Crippen LogP contribution in [0.5, 0.6) is 0 Å². The van der Waals surface area contributed by atoms with Crippen molar-refractivity contribution in [3.05, 3.63) is 42.0 Å². The summed E-state index contributed by atoms with van der Waals surface area (Å²) >= 11 is 0. The molecule has 0 saturated heterocycles. The molecule has 0 aromatic heterocycles. The Balaban J connectivity index is 2.94. The monoisotopic (exact) mass is 179 g/mol. The van der Waals surface area contributed by atoms with E-state index in [2.05, 4.69) is 6.58 Å². The lowest BCUT2D eigenvalue weighted by atomic mass is 10.1. The van der Waals surface area contributed by atoms with E-state index in [1.165, 1.54) is 24.3 Å². The Labute approximate surface area is 74.9 Å². The first-order valence-electron chi connectivity index (χ1n) is 3.62. The van der Waals surface area contributed by atoms with Crippen LogP contribution in [-0.2, 0) is 0 Å². The van der Waals surface area contributed by atoms with Gasteiger partial charge in [-0.3, -0.25) is 0 Å². The number of nitriles is 1. The number of allylic oxidation sites excluding steroid dienone is 1. The van der Waals surface area contributed by atoms with E-state index in [1.807, 2.05) is 6.07 Å². The van der Waals surface area contributed by atoms with Gasteiger partial charge in [-0.2, -0.15) is 5.26 Å². The minimum absolute atomic E-state index is 0.218. The zero-order chi connectivity index (χ0) is 9.84. The van der Waals surface area contributed by atoms with Crippen LogP contribution in [0, 0.1) is 11.3 Å². The Bertz CT molecular complexity index is 346. The molecular weight excluding hydrogens is 172 g/mol. The van der Waals surface area contributed by atoms with Crippen LogP contribution >= 0.6 is 0 Å². The summed E-state index contributed by atoms with van der Waals surface area (Å²) in [6, 6.07) is 7.81. The van der Waals surface area contributed by atoms with E-state index >= 15 is 0 Å². The minimum atomic E-state index is -2.55. The summed E-state index contributed by atoms with van der Waals surface area (Å²) in [5.74, 6) is 0. The maximum absolute atomic E-state index is 12.1. The molecule has 0 unspecified atom stereocenters. The van der Waals surface area contributed by atoms with Crippen molar-refractivity contribution in [2.24, 2.45) is 0 Å². The molecule has 66 valence electrons. The molecule has 0 N–H and O–H groups in total. The molecule has 13 heavy (non-hydrogen) atoms. The van der Waals surface area contributed by atoms with Crippen molar-refractivity contribution in [2.45, 2.75) is 6.43 Å². The molecule has 0 aliphatic carbocycles. The molecule has 0 aliphatic rings. The predicted octanol–water partition coefficient (Wildman–Crippen LogP) is 2.84. The lowest BCUT2D eigenvalue weighted by Gasteiger charge is -2.03. The Morgan fingerprint density at radius 1 is 1.31 bits per heavy atom. The van der Waals surface area contributed by atoms with Crippen LogP contribution in [0.4, 0.5) is 8.78 Å². The Morgan fingerprint density at radius 2 is 1.85 bits per heavy atom. The van der Waals surface area contributed by atoms with Gasteiger partial charge in [0.25, 0.3) is 6.43 Å². The van der Waals surface area contributed by atoms with Crippen LogP contribution in [-0.4, -0.2) is 6.43 Å². The minimum Gasteiger partial charge on any atom is -0.205 e. The van der Waals surface area contributed by atoms with Gasteiger partial charge in [0, 0.05) is 5.57 Å². The van der Waals surface area contributed by atoms with Crippen molar-refractivity contribution < 1.29 is 8.78 Å². The summed E-state index contributed by atoms with van der Waals surface area (Å²) in [6.45, 7) is 3.25. The normalized spacial score (nSPS) is 9.69. The van der Waals surface area contributed by atoms with Gasteiger partial charge in [0.05, 0.1) is 11.6 Å². The lowest BCUT2D eigenvalue weighted by molar-refractivity contribution is 0.215. The van der Waals surface area contributed by atoms with Gasteiger partial charge >= 0.3 is 0 Å². The van der Waals surface area contributed by atoms with E-state index in [0.717, 1.165) is 0 Å². The molecule has 0 atom stereocenters. The van der Waals surface area contributed by atoms with Gasteiger partial charge in [0.1, 0.15) is 0 Å². The first-order valence-corrected chi connectivity index (χ1v) is 3.62. The topological polar surface area (TPSA) is 23.8 Å². The molecule has 0 fully saturated rings. The molecule has 1 rings (SSSR count). The summed E-state index contributed by atoms with van der Waals surface area (Å²) in [4.78, 5) is 0. The van der Waals surface area contributed by atoms with Crippen LogP contribution in [0.25, 0.3) is 5.57 Å². The Morgan fingerprint density at radius 3 is 2.23 bits per heavy atom. The predicted molar refractivity (Wildman–Crippen MR) is 46.2 cm³/mol. The fourth-order valence-corrected chi connectivity index (χ4v) is 0.885. The Kier molecular flexibility index (Phi) is 2.76. The zero-order valence-corrected chi connectivity index (χ0v) is 6.80. The number of hydrogen-bond acceptors (Lipinski definition) is 1. The smallest absolute Gasteiger partial charge is 0.205 e. The van der Waals surface area contributed by atoms with Crippen molar-refractivity contribution in [1.82, 2.24) is 0 Å².